The van der Waals surface area contributed by atoms with Crippen LogP contribution in [0.15, 0.2) is 42.6 Å². The molecule has 0 fully saturated rings. The van der Waals surface area contributed by atoms with Gasteiger partial charge in [0.05, 0.1) is 16.9 Å². The van der Waals surface area contributed by atoms with E-state index < -0.39 is 0 Å². The molecule has 2 rings (SSSR count). The minimum atomic E-state index is -0.0284. The van der Waals surface area contributed by atoms with Crippen LogP contribution in [-0.2, 0) is 0 Å². The van der Waals surface area contributed by atoms with Gasteiger partial charge in [0.15, 0.2) is 0 Å². The van der Waals surface area contributed by atoms with Gasteiger partial charge in [-0.05, 0) is 30.7 Å². The van der Waals surface area contributed by atoms with Crippen molar-refractivity contribution in [2.75, 3.05) is 0 Å². The molecule has 0 unspecified atom stereocenters. The average Bonchev–Trinajstić information content (AvgIpc) is 2.41. The van der Waals surface area contributed by atoms with Gasteiger partial charge >= 0.3 is 0 Å². The van der Waals surface area contributed by atoms with Gasteiger partial charge in [0.1, 0.15) is 11.5 Å². The second kappa shape index (κ2) is 5.85. The van der Waals surface area contributed by atoms with Crippen LogP contribution in [0.4, 0.5) is 0 Å². The van der Waals surface area contributed by atoms with Crippen LogP contribution >= 0.6 is 11.6 Å². The molecule has 0 aliphatic heterocycles. The summed E-state index contributed by atoms with van der Waals surface area (Å²) in [6.45, 7) is 2.03. The van der Waals surface area contributed by atoms with E-state index in [-0.39, 0.29) is 6.04 Å². The van der Waals surface area contributed by atoms with E-state index in [1.165, 1.54) is 0 Å². The lowest BCUT2D eigenvalue weighted by Crippen LogP contribution is -2.10. The van der Waals surface area contributed by atoms with Gasteiger partial charge < -0.3 is 10.5 Å². The fraction of sp³-hybridized carbons (Fsp3) is 0.214. The van der Waals surface area contributed by atoms with Crippen LogP contribution in [0.1, 0.15) is 25.1 Å². The number of pyridine rings is 1. The van der Waals surface area contributed by atoms with Gasteiger partial charge in [0, 0.05) is 6.04 Å². The highest BCUT2D eigenvalue weighted by molar-refractivity contribution is 6.32. The molecule has 3 nitrogen and oxygen atoms in total. The monoisotopic (exact) mass is 262 g/mol. The number of rotatable bonds is 4. The number of aromatic nitrogens is 1. The number of hydrogen-bond acceptors (Lipinski definition) is 3. The highest BCUT2D eigenvalue weighted by Crippen LogP contribution is 2.28. The quantitative estimate of drug-likeness (QED) is 0.908. The molecule has 0 aliphatic rings. The van der Waals surface area contributed by atoms with E-state index in [9.17, 15) is 0 Å². The highest BCUT2D eigenvalue weighted by Gasteiger charge is 2.06. The van der Waals surface area contributed by atoms with Crippen molar-refractivity contribution in [3.05, 3.63) is 53.3 Å². The molecule has 0 radical (unpaired) electrons. The molecule has 0 spiro atoms. The fourth-order valence-corrected chi connectivity index (χ4v) is 1.71. The van der Waals surface area contributed by atoms with Gasteiger partial charge in [0.25, 0.3) is 0 Å². The zero-order chi connectivity index (χ0) is 13.0. The Morgan fingerprint density at radius 1 is 1.28 bits per heavy atom. The Morgan fingerprint density at radius 2 is 2.06 bits per heavy atom. The number of benzene rings is 1. The second-order valence-electron chi connectivity index (χ2n) is 3.97. The normalized spacial score (nSPS) is 12.2. The van der Waals surface area contributed by atoms with Crippen molar-refractivity contribution in [2.24, 2.45) is 5.73 Å². The Morgan fingerprint density at radius 3 is 2.67 bits per heavy atom. The molecule has 0 saturated heterocycles. The molecule has 0 aliphatic carbocycles. The lowest BCUT2D eigenvalue weighted by molar-refractivity contribution is 0.479. The molecule has 4 heteroatoms. The Balaban J connectivity index is 2.14. The summed E-state index contributed by atoms with van der Waals surface area (Å²) in [5.74, 6) is 1.27. The molecule has 0 saturated carbocycles. The number of ether oxygens (including phenoxy) is 1. The summed E-state index contributed by atoms with van der Waals surface area (Å²) in [5.41, 5.74) is 6.76. The summed E-state index contributed by atoms with van der Waals surface area (Å²) in [5, 5.41) is 0.576. The van der Waals surface area contributed by atoms with E-state index in [1.54, 1.807) is 12.3 Å². The van der Waals surface area contributed by atoms with Gasteiger partial charge in [-0.2, -0.15) is 0 Å². The van der Waals surface area contributed by atoms with Crippen molar-refractivity contribution < 1.29 is 4.74 Å². The van der Waals surface area contributed by atoms with Gasteiger partial charge in [-0.25, -0.2) is 0 Å². The Labute approximate surface area is 112 Å². The van der Waals surface area contributed by atoms with Crippen molar-refractivity contribution in [3.8, 4) is 11.5 Å². The van der Waals surface area contributed by atoms with Crippen molar-refractivity contribution in [2.45, 2.75) is 19.4 Å². The maximum atomic E-state index is 6.01. The maximum Gasteiger partial charge on any atom is 0.146 e. The standard InChI is InChI=1S/C14H15ClN2O/c1-2-12(16)13-8-7-10(9-17-13)18-14-6-4-3-5-11(14)15/h3-9,12H,2,16H2,1H3/t12-/m1/s1. The summed E-state index contributed by atoms with van der Waals surface area (Å²) >= 11 is 6.01. The molecule has 94 valence electrons. The van der Waals surface area contributed by atoms with Crippen LogP contribution in [0.5, 0.6) is 11.5 Å². The zero-order valence-corrected chi connectivity index (χ0v) is 10.9. The van der Waals surface area contributed by atoms with Gasteiger partial charge in [0.2, 0.25) is 0 Å². The van der Waals surface area contributed by atoms with Crippen LogP contribution in [0.3, 0.4) is 0 Å². The highest BCUT2D eigenvalue weighted by atomic mass is 35.5. The minimum absolute atomic E-state index is 0.0284. The van der Waals surface area contributed by atoms with Crippen molar-refractivity contribution in [1.82, 2.24) is 4.98 Å². The number of nitrogens with two attached hydrogens (primary N) is 1. The lowest BCUT2D eigenvalue weighted by Gasteiger charge is -2.10. The largest absolute Gasteiger partial charge is 0.454 e. The molecule has 0 amide bonds. The van der Waals surface area contributed by atoms with Crippen LogP contribution < -0.4 is 10.5 Å². The average molecular weight is 263 g/mol. The third-order valence-corrected chi connectivity index (χ3v) is 2.96. The van der Waals surface area contributed by atoms with E-state index in [0.717, 1.165) is 12.1 Å². The summed E-state index contributed by atoms with van der Waals surface area (Å²) in [6, 6.07) is 11.0. The van der Waals surface area contributed by atoms with Gasteiger partial charge in [-0.15, -0.1) is 0 Å². The molecular weight excluding hydrogens is 248 g/mol. The molecule has 1 heterocycles. The first kappa shape index (κ1) is 12.9. The Bertz CT molecular complexity index is 513. The lowest BCUT2D eigenvalue weighted by atomic mass is 10.1. The van der Waals surface area contributed by atoms with E-state index in [0.29, 0.717) is 16.5 Å². The number of halogens is 1. The topological polar surface area (TPSA) is 48.1 Å². The second-order valence-corrected chi connectivity index (χ2v) is 4.37. The predicted octanol–water partition coefficient (Wildman–Crippen LogP) is 3.94. The molecule has 2 aromatic rings. The van der Waals surface area contributed by atoms with Crippen molar-refractivity contribution in [1.29, 1.82) is 0 Å². The molecule has 1 aromatic heterocycles. The summed E-state index contributed by atoms with van der Waals surface area (Å²) < 4.78 is 5.64. The Hall–Kier alpha value is -1.58. The van der Waals surface area contributed by atoms with E-state index in [2.05, 4.69) is 4.98 Å². The molecular formula is C14H15ClN2O. The summed E-state index contributed by atoms with van der Waals surface area (Å²) in [6.07, 6.45) is 2.52. The predicted molar refractivity (Wildman–Crippen MR) is 73.0 cm³/mol. The van der Waals surface area contributed by atoms with Gasteiger partial charge in [-0.3, -0.25) is 4.98 Å². The number of para-hydroxylation sites is 1. The van der Waals surface area contributed by atoms with E-state index in [4.69, 9.17) is 22.1 Å². The van der Waals surface area contributed by atoms with E-state index in [1.807, 2.05) is 37.3 Å². The smallest absolute Gasteiger partial charge is 0.146 e. The van der Waals surface area contributed by atoms with Crippen LogP contribution in [0.2, 0.25) is 5.02 Å². The number of nitrogens with zero attached hydrogens (tertiary/aromatic N) is 1. The first-order chi connectivity index (χ1) is 8.70. The van der Waals surface area contributed by atoms with Crippen LogP contribution in [-0.4, -0.2) is 4.98 Å². The summed E-state index contributed by atoms with van der Waals surface area (Å²) in [7, 11) is 0. The van der Waals surface area contributed by atoms with E-state index >= 15 is 0 Å². The first-order valence-corrected chi connectivity index (χ1v) is 6.22. The maximum absolute atomic E-state index is 6.01. The van der Waals surface area contributed by atoms with Crippen LogP contribution in [0, 0.1) is 0 Å². The summed E-state index contributed by atoms with van der Waals surface area (Å²) in [4.78, 5) is 4.28. The molecule has 1 atom stereocenters. The number of hydrogen-bond donors (Lipinski definition) is 1. The Kier molecular flexibility index (Phi) is 4.18. The third-order valence-electron chi connectivity index (χ3n) is 2.64. The zero-order valence-electron chi connectivity index (χ0n) is 10.1. The first-order valence-electron chi connectivity index (χ1n) is 5.84. The van der Waals surface area contributed by atoms with Crippen LogP contribution in [0.25, 0.3) is 0 Å². The molecule has 1 aromatic carbocycles. The molecule has 2 N–H and O–H groups in total. The SMILES string of the molecule is CC[C@@H](N)c1ccc(Oc2ccccc2Cl)cn1. The van der Waals surface area contributed by atoms with Gasteiger partial charge in [-0.1, -0.05) is 30.7 Å². The van der Waals surface area contributed by atoms with Crippen molar-refractivity contribution >= 4 is 11.6 Å². The molecule has 0 bridgehead atoms. The fourth-order valence-electron chi connectivity index (χ4n) is 1.54. The third kappa shape index (κ3) is 3.00. The minimum Gasteiger partial charge on any atom is -0.454 e. The van der Waals surface area contributed by atoms with Crippen molar-refractivity contribution in [3.63, 3.8) is 0 Å². The molecule has 18 heavy (non-hydrogen) atoms.